The molecule has 1 aromatic heterocycles. The van der Waals surface area contributed by atoms with Crippen molar-refractivity contribution in [2.24, 2.45) is 0 Å². The van der Waals surface area contributed by atoms with Gasteiger partial charge in [-0.1, -0.05) is 24.4 Å². The smallest absolute Gasteiger partial charge is 0.153 e. The summed E-state index contributed by atoms with van der Waals surface area (Å²) in [5, 5.41) is 4.22. The van der Waals surface area contributed by atoms with Crippen molar-refractivity contribution in [1.29, 1.82) is 0 Å². The second kappa shape index (κ2) is 5.64. The molecular formula is C16H23ClN4. The first kappa shape index (κ1) is 13.6. The molecule has 0 atom stereocenters. The zero-order valence-electron chi connectivity index (χ0n) is 12.4. The Kier molecular flexibility index (Phi) is 3.66. The zero-order valence-corrected chi connectivity index (χ0v) is 13.2. The second-order valence-electron chi connectivity index (χ2n) is 6.66. The van der Waals surface area contributed by atoms with E-state index < -0.39 is 0 Å². The summed E-state index contributed by atoms with van der Waals surface area (Å²) in [6.07, 6.45) is 10.0. The van der Waals surface area contributed by atoms with Crippen LogP contribution < -0.4 is 10.2 Å². The molecule has 21 heavy (non-hydrogen) atoms. The summed E-state index contributed by atoms with van der Waals surface area (Å²) in [6.45, 7) is 2.15. The summed E-state index contributed by atoms with van der Waals surface area (Å²) in [6, 6.07) is 0.571. The zero-order chi connectivity index (χ0) is 14.2. The fourth-order valence-corrected chi connectivity index (χ4v) is 3.24. The molecule has 114 valence electrons. The van der Waals surface area contributed by atoms with Crippen LogP contribution in [0.1, 0.15) is 63.1 Å². The minimum absolute atomic E-state index is 0.563. The van der Waals surface area contributed by atoms with E-state index >= 15 is 0 Å². The van der Waals surface area contributed by atoms with E-state index in [-0.39, 0.29) is 0 Å². The normalized spacial score (nSPS) is 23.0. The molecular weight excluding hydrogens is 284 g/mol. The van der Waals surface area contributed by atoms with Gasteiger partial charge in [-0.2, -0.15) is 0 Å². The molecule has 1 aromatic rings. The average molecular weight is 307 g/mol. The molecule has 3 aliphatic rings. The van der Waals surface area contributed by atoms with Crippen molar-refractivity contribution in [1.82, 2.24) is 9.97 Å². The van der Waals surface area contributed by atoms with Crippen LogP contribution in [0.5, 0.6) is 0 Å². The number of hydrogen-bond donors (Lipinski definition) is 1. The fourth-order valence-electron chi connectivity index (χ4n) is 2.98. The Balaban J connectivity index is 1.67. The quantitative estimate of drug-likeness (QED) is 0.914. The lowest BCUT2D eigenvalue weighted by atomic mass is 10.2. The Morgan fingerprint density at radius 1 is 0.952 bits per heavy atom. The third-order valence-corrected chi connectivity index (χ3v) is 4.97. The van der Waals surface area contributed by atoms with Crippen LogP contribution in [-0.4, -0.2) is 29.1 Å². The van der Waals surface area contributed by atoms with Crippen LogP contribution in [0, 0.1) is 0 Å². The average Bonchev–Trinajstić information content (AvgIpc) is 3.35. The highest BCUT2D eigenvalue weighted by Crippen LogP contribution is 2.42. The Bertz CT molecular complexity index is 517. The summed E-state index contributed by atoms with van der Waals surface area (Å²) in [4.78, 5) is 11.9. The van der Waals surface area contributed by atoms with Gasteiger partial charge in [0.2, 0.25) is 0 Å². The molecule has 0 bridgehead atoms. The summed E-state index contributed by atoms with van der Waals surface area (Å²) in [7, 11) is 0. The molecule has 4 nitrogen and oxygen atoms in total. The highest BCUT2D eigenvalue weighted by atomic mass is 35.5. The van der Waals surface area contributed by atoms with Crippen LogP contribution in [0.4, 0.5) is 11.6 Å². The molecule has 2 heterocycles. The van der Waals surface area contributed by atoms with E-state index in [9.17, 15) is 0 Å². The van der Waals surface area contributed by atoms with Gasteiger partial charge in [0.15, 0.2) is 11.6 Å². The first-order chi connectivity index (χ1) is 10.3. The van der Waals surface area contributed by atoms with E-state index in [2.05, 4.69) is 10.2 Å². The van der Waals surface area contributed by atoms with Crippen molar-refractivity contribution in [3.05, 3.63) is 10.8 Å². The highest BCUT2D eigenvalue weighted by molar-refractivity contribution is 6.35. The number of halogens is 1. The fraction of sp³-hybridized carbons (Fsp3) is 0.750. The van der Waals surface area contributed by atoms with E-state index in [1.54, 1.807) is 0 Å². The third-order valence-electron chi connectivity index (χ3n) is 4.62. The maximum Gasteiger partial charge on any atom is 0.153 e. The van der Waals surface area contributed by atoms with Crippen LogP contribution >= 0.6 is 11.6 Å². The predicted molar refractivity (Wildman–Crippen MR) is 86.3 cm³/mol. The van der Waals surface area contributed by atoms with Gasteiger partial charge in [0, 0.05) is 25.0 Å². The summed E-state index contributed by atoms with van der Waals surface area (Å²) >= 11 is 6.64. The molecule has 4 rings (SSSR count). The molecule has 2 saturated carbocycles. The van der Waals surface area contributed by atoms with Crippen molar-refractivity contribution in [2.45, 2.75) is 63.3 Å². The molecule has 3 fully saturated rings. The molecule has 1 aliphatic heterocycles. The topological polar surface area (TPSA) is 41.1 Å². The van der Waals surface area contributed by atoms with Crippen LogP contribution in [0.3, 0.4) is 0 Å². The number of anilines is 2. The van der Waals surface area contributed by atoms with E-state index in [1.165, 1.54) is 51.4 Å². The molecule has 1 N–H and O–H groups in total. The monoisotopic (exact) mass is 306 g/mol. The van der Waals surface area contributed by atoms with Gasteiger partial charge in [-0.25, -0.2) is 9.97 Å². The van der Waals surface area contributed by atoms with Crippen LogP contribution in [0.2, 0.25) is 5.02 Å². The number of rotatable bonds is 4. The Hall–Kier alpha value is -1.03. The van der Waals surface area contributed by atoms with Gasteiger partial charge in [0.25, 0.3) is 0 Å². The summed E-state index contributed by atoms with van der Waals surface area (Å²) in [5.41, 5.74) is 0. The van der Waals surface area contributed by atoms with Gasteiger partial charge in [-0.15, -0.1) is 0 Å². The third kappa shape index (κ3) is 3.10. The van der Waals surface area contributed by atoms with Gasteiger partial charge in [-0.3, -0.25) is 0 Å². The van der Waals surface area contributed by atoms with E-state index in [1.807, 2.05) is 0 Å². The first-order valence-electron chi connectivity index (χ1n) is 8.40. The first-order valence-corrected chi connectivity index (χ1v) is 8.78. The van der Waals surface area contributed by atoms with Crippen molar-refractivity contribution in [3.8, 4) is 0 Å². The van der Waals surface area contributed by atoms with Gasteiger partial charge in [-0.05, 0) is 38.5 Å². The maximum absolute atomic E-state index is 6.64. The SMILES string of the molecule is Clc1c(NC2CC2)nc(C2CC2)nc1N1CCCCCC1. The van der Waals surface area contributed by atoms with Gasteiger partial charge in [0.05, 0.1) is 0 Å². The number of nitrogens with zero attached hydrogens (tertiary/aromatic N) is 3. The number of hydrogen-bond acceptors (Lipinski definition) is 4. The van der Waals surface area contributed by atoms with Crippen molar-refractivity contribution in [2.75, 3.05) is 23.3 Å². The molecule has 1 saturated heterocycles. The molecule has 0 amide bonds. The molecule has 0 unspecified atom stereocenters. The molecule has 0 spiro atoms. The summed E-state index contributed by atoms with van der Waals surface area (Å²) < 4.78 is 0. The molecule has 5 heteroatoms. The lowest BCUT2D eigenvalue weighted by molar-refractivity contribution is 0.726. The van der Waals surface area contributed by atoms with Crippen molar-refractivity contribution >= 4 is 23.2 Å². The Morgan fingerprint density at radius 2 is 1.67 bits per heavy atom. The predicted octanol–water partition coefficient (Wildman–Crippen LogP) is 3.96. The summed E-state index contributed by atoms with van der Waals surface area (Å²) in [5.74, 6) is 3.41. The Labute approximate surface area is 131 Å². The minimum atomic E-state index is 0.563. The highest BCUT2D eigenvalue weighted by Gasteiger charge is 2.31. The van der Waals surface area contributed by atoms with Crippen molar-refractivity contribution < 1.29 is 0 Å². The van der Waals surface area contributed by atoms with Gasteiger partial charge in [0.1, 0.15) is 10.8 Å². The number of aromatic nitrogens is 2. The lowest BCUT2D eigenvalue weighted by Crippen LogP contribution is -2.26. The van der Waals surface area contributed by atoms with E-state index in [0.29, 0.717) is 12.0 Å². The van der Waals surface area contributed by atoms with Crippen LogP contribution in [0.15, 0.2) is 0 Å². The standard InChI is InChI=1S/C16H23ClN4/c17-13-15(18-12-7-8-12)19-14(11-5-6-11)20-16(13)21-9-3-1-2-4-10-21/h11-12H,1-10H2,(H,18,19,20). The van der Waals surface area contributed by atoms with Gasteiger partial charge >= 0.3 is 0 Å². The number of nitrogens with one attached hydrogen (secondary N) is 1. The maximum atomic E-state index is 6.64. The van der Waals surface area contributed by atoms with Crippen LogP contribution in [-0.2, 0) is 0 Å². The van der Waals surface area contributed by atoms with E-state index in [4.69, 9.17) is 21.6 Å². The lowest BCUT2D eigenvalue weighted by Gasteiger charge is -2.24. The molecule has 2 aliphatic carbocycles. The van der Waals surface area contributed by atoms with Crippen molar-refractivity contribution in [3.63, 3.8) is 0 Å². The molecule has 0 aromatic carbocycles. The van der Waals surface area contributed by atoms with E-state index in [0.717, 1.165) is 35.6 Å². The largest absolute Gasteiger partial charge is 0.366 e. The Morgan fingerprint density at radius 3 is 2.29 bits per heavy atom. The van der Waals surface area contributed by atoms with Gasteiger partial charge < -0.3 is 10.2 Å². The molecule has 0 radical (unpaired) electrons. The minimum Gasteiger partial charge on any atom is -0.366 e. The second-order valence-corrected chi connectivity index (χ2v) is 7.04. The van der Waals surface area contributed by atoms with Crippen LogP contribution in [0.25, 0.3) is 0 Å².